The smallest absolute Gasteiger partial charge is 0.386 e. The first-order valence-corrected chi connectivity index (χ1v) is 5.29. The minimum atomic E-state index is -4.67. The molecule has 0 amide bonds. The van der Waals surface area contributed by atoms with E-state index in [9.17, 15) is 28.4 Å². The van der Waals surface area contributed by atoms with Crippen LogP contribution in [0.25, 0.3) is 0 Å². The number of aliphatic hydroxyl groups is 1. The van der Waals surface area contributed by atoms with Gasteiger partial charge in [0.15, 0.2) is 0 Å². The van der Waals surface area contributed by atoms with Gasteiger partial charge in [-0.05, 0) is 13.0 Å². The predicted molar refractivity (Wildman–Crippen MR) is 58.7 cm³/mol. The lowest BCUT2D eigenvalue weighted by atomic mass is 9.96. The fraction of sp³-hybridized carbons (Fsp3) is 0.500. The Morgan fingerprint density at radius 2 is 2.11 bits per heavy atom. The zero-order valence-corrected chi connectivity index (χ0v) is 9.81. The van der Waals surface area contributed by atoms with Gasteiger partial charge in [-0.2, -0.15) is 13.2 Å². The molecule has 1 fully saturated rings. The van der Waals surface area contributed by atoms with Crippen molar-refractivity contribution in [1.29, 1.82) is 0 Å². The standard InChI is InChI=1S/C10H10F3N3O3/c1-9(17)4-15(5-9)6-2-8(10(11,12)13)14-3-7(6)16(18)19/h2-3,17H,4-5H2,1H3. The number of halogens is 3. The molecule has 9 heteroatoms. The number of rotatable bonds is 2. The van der Waals surface area contributed by atoms with Crippen molar-refractivity contribution >= 4 is 11.4 Å². The van der Waals surface area contributed by atoms with E-state index in [1.807, 2.05) is 0 Å². The molecule has 1 aliphatic rings. The summed E-state index contributed by atoms with van der Waals surface area (Å²) in [5, 5.41) is 20.3. The van der Waals surface area contributed by atoms with Gasteiger partial charge in [0, 0.05) is 13.1 Å². The zero-order chi connectivity index (χ0) is 14.4. The summed E-state index contributed by atoms with van der Waals surface area (Å²) >= 11 is 0. The zero-order valence-electron chi connectivity index (χ0n) is 9.81. The van der Waals surface area contributed by atoms with Gasteiger partial charge in [-0.1, -0.05) is 0 Å². The molecule has 0 unspecified atom stereocenters. The van der Waals surface area contributed by atoms with Crippen molar-refractivity contribution in [3.05, 3.63) is 28.1 Å². The molecule has 19 heavy (non-hydrogen) atoms. The molecule has 1 N–H and O–H groups in total. The molecule has 1 aliphatic heterocycles. The van der Waals surface area contributed by atoms with Crippen molar-refractivity contribution < 1.29 is 23.2 Å². The van der Waals surface area contributed by atoms with Gasteiger partial charge in [-0.15, -0.1) is 0 Å². The second-order valence-corrected chi connectivity index (χ2v) is 4.67. The van der Waals surface area contributed by atoms with Crippen molar-refractivity contribution in [3.63, 3.8) is 0 Å². The van der Waals surface area contributed by atoms with Gasteiger partial charge in [0.1, 0.15) is 17.6 Å². The Kier molecular flexibility index (Phi) is 2.89. The van der Waals surface area contributed by atoms with Gasteiger partial charge < -0.3 is 10.0 Å². The van der Waals surface area contributed by atoms with Gasteiger partial charge in [0.05, 0.1) is 10.5 Å². The van der Waals surface area contributed by atoms with E-state index < -0.39 is 28.1 Å². The Bertz CT molecular complexity index is 522. The number of nitrogens with zero attached hydrogens (tertiary/aromatic N) is 3. The molecule has 1 aromatic heterocycles. The first-order valence-electron chi connectivity index (χ1n) is 5.29. The lowest BCUT2D eigenvalue weighted by Crippen LogP contribution is -2.60. The van der Waals surface area contributed by atoms with E-state index in [1.54, 1.807) is 0 Å². The van der Waals surface area contributed by atoms with E-state index >= 15 is 0 Å². The van der Waals surface area contributed by atoms with Crippen LogP contribution in [0, 0.1) is 10.1 Å². The van der Waals surface area contributed by atoms with E-state index in [-0.39, 0.29) is 18.8 Å². The third-order valence-electron chi connectivity index (χ3n) is 2.75. The number of anilines is 1. The van der Waals surface area contributed by atoms with Crippen LogP contribution >= 0.6 is 0 Å². The van der Waals surface area contributed by atoms with Crippen molar-refractivity contribution in [1.82, 2.24) is 4.98 Å². The lowest BCUT2D eigenvalue weighted by Gasteiger charge is -2.45. The van der Waals surface area contributed by atoms with E-state index in [0.29, 0.717) is 12.3 Å². The Morgan fingerprint density at radius 1 is 1.53 bits per heavy atom. The van der Waals surface area contributed by atoms with Gasteiger partial charge in [-0.3, -0.25) is 10.1 Å². The van der Waals surface area contributed by atoms with Crippen molar-refractivity contribution in [3.8, 4) is 0 Å². The molecule has 0 bridgehead atoms. The summed E-state index contributed by atoms with van der Waals surface area (Å²) in [4.78, 5) is 14.4. The summed E-state index contributed by atoms with van der Waals surface area (Å²) in [5.74, 6) is 0. The third-order valence-corrected chi connectivity index (χ3v) is 2.75. The van der Waals surface area contributed by atoms with Crippen LogP contribution in [0.2, 0.25) is 0 Å². The van der Waals surface area contributed by atoms with Crippen LogP contribution in [0.15, 0.2) is 12.3 Å². The minimum absolute atomic E-state index is 0.0369. The Balaban J connectivity index is 2.41. The van der Waals surface area contributed by atoms with Crippen LogP contribution in [-0.2, 0) is 6.18 Å². The van der Waals surface area contributed by atoms with E-state index in [4.69, 9.17) is 0 Å². The van der Waals surface area contributed by atoms with Crippen molar-refractivity contribution in [2.75, 3.05) is 18.0 Å². The second-order valence-electron chi connectivity index (χ2n) is 4.67. The van der Waals surface area contributed by atoms with Crippen LogP contribution in [0.3, 0.4) is 0 Å². The quantitative estimate of drug-likeness (QED) is 0.655. The topological polar surface area (TPSA) is 79.5 Å². The predicted octanol–water partition coefficient (Wildman–Crippen LogP) is 1.58. The average Bonchev–Trinajstić information content (AvgIpc) is 2.23. The van der Waals surface area contributed by atoms with Gasteiger partial charge in [0.2, 0.25) is 0 Å². The number of hydrogen-bond acceptors (Lipinski definition) is 5. The van der Waals surface area contributed by atoms with E-state index in [1.165, 1.54) is 11.8 Å². The second kappa shape index (κ2) is 4.05. The van der Waals surface area contributed by atoms with Crippen LogP contribution in [0.1, 0.15) is 12.6 Å². The highest BCUT2D eigenvalue weighted by Gasteiger charge is 2.41. The fourth-order valence-electron chi connectivity index (χ4n) is 1.93. The summed E-state index contributed by atoms with van der Waals surface area (Å²) in [6.07, 6.45) is -4.08. The molecule has 0 radical (unpaired) electrons. The number of aromatic nitrogens is 1. The Hall–Kier alpha value is -1.90. The van der Waals surface area contributed by atoms with Gasteiger partial charge in [0.25, 0.3) is 0 Å². The summed E-state index contributed by atoms with van der Waals surface area (Å²) < 4.78 is 37.6. The highest BCUT2D eigenvalue weighted by molar-refractivity contribution is 5.65. The molecule has 0 aliphatic carbocycles. The molecule has 6 nitrogen and oxygen atoms in total. The molecular formula is C10H10F3N3O3. The average molecular weight is 277 g/mol. The number of alkyl halides is 3. The normalized spacial score (nSPS) is 18.1. The van der Waals surface area contributed by atoms with Crippen LogP contribution in [0.5, 0.6) is 0 Å². The van der Waals surface area contributed by atoms with Gasteiger partial charge >= 0.3 is 11.9 Å². The Morgan fingerprint density at radius 3 is 2.53 bits per heavy atom. The maximum absolute atomic E-state index is 12.5. The lowest BCUT2D eigenvalue weighted by molar-refractivity contribution is -0.384. The van der Waals surface area contributed by atoms with Crippen molar-refractivity contribution in [2.45, 2.75) is 18.7 Å². The van der Waals surface area contributed by atoms with Gasteiger partial charge in [-0.25, -0.2) is 4.98 Å². The largest absolute Gasteiger partial charge is 0.433 e. The summed E-state index contributed by atoms with van der Waals surface area (Å²) in [7, 11) is 0. The molecule has 1 aromatic rings. The Labute approximate surface area is 105 Å². The molecular weight excluding hydrogens is 267 g/mol. The summed E-state index contributed by atoms with van der Waals surface area (Å²) in [5.41, 5.74) is -2.93. The molecule has 2 heterocycles. The maximum atomic E-state index is 12.5. The molecule has 0 spiro atoms. The van der Waals surface area contributed by atoms with Crippen LogP contribution in [-0.4, -0.2) is 33.7 Å². The monoisotopic (exact) mass is 277 g/mol. The number of pyridine rings is 1. The maximum Gasteiger partial charge on any atom is 0.433 e. The number of nitro groups is 1. The fourth-order valence-corrected chi connectivity index (χ4v) is 1.93. The first kappa shape index (κ1) is 13.5. The number of hydrogen-bond donors (Lipinski definition) is 1. The molecule has 0 saturated carbocycles. The minimum Gasteiger partial charge on any atom is -0.386 e. The molecule has 2 rings (SSSR count). The number of β-amino-alcohol motifs (C(OH)–C–C–N with tert-alkyl or cyclic N) is 1. The molecule has 0 aromatic carbocycles. The van der Waals surface area contributed by atoms with Crippen molar-refractivity contribution in [2.24, 2.45) is 0 Å². The molecule has 0 atom stereocenters. The third kappa shape index (κ3) is 2.60. The highest BCUT2D eigenvalue weighted by atomic mass is 19.4. The first-order chi connectivity index (χ1) is 8.60. The van der Waals surface area contributed by atoms with E-state index in [0.717, 1.165) is 0 Å². The molecule has 104 valence electrons. The van der Waals surface area contributed by atoms with Crippen LogP contribution < -0.4 is 4.90 Å². The summed E-state index contributed by atoms with van der Waals surface area (Å²) in [6.45, 7) is 1.57. The summed E-state index contributed by atoms with van der Waals surface area (Å²) in [6, 6.07) is 0.632. The SMILES string of the molecule is CC1(O)CN(c2cc(C(F)(F)F)ncc2[N+](=O)[O-])C1. The highest BCUT2D eigenvalue weighted by Crippen LogP contribution is 2.38. The van der Waals surface area contributed by atoms with Crippen LogP contribution in [0.4, 0.5) is 24.5 Å². The van der Waals surface area contributed by atoms with E-state index in [2.05, 4.69) is 4.98 Å². The molecule has 1 saturated heterocycles.